The zero-order valence-electron chi connectivity index (χ0n) is 13.4. The van der Waals surface area contributed by atoms with E-state index in [2.05, 4.69) is 5.32 Å². The molecule has 0 aliphatic heterocycles. The highest BCUT2D eigenvalue weighted by Gasteiger charge is 2.41. The van der Waals surface area contributed by atoms with Crippen molar-refractivity contribution in [2.45, 2.75) is 54.8 Å². The van der Waals surface area contributed by atoms with Gasteiger partial charge in [0.1, 0.15) is 4.88 Å². The van der Waals surface area contributed by atoms with Crippen LogP contribution in [0.1, 0.15) is 41.8 Å². The highest BCUT2D eigenvalue weighted by Crippen LogP contribution is 2.40. The lowest BCUT2D eigenvalue weighted by atomic mass is 9.67. The summed E-state index contributed by atoms with van der Waals surface area (Å²) in [7, 11) is -4.78. The Labute approximate surface area is 155 Å². The summed E-state index contributed by atoms with van der Waals surface area (Å²) in [5.74, 6) is -3.58. The van der Waals surface area contributed by atoms with E-state index in [4.69, 9.17) is 5.73 Å². The number of alkyl halides is 2. The Hall–Kier alpha value is -0.770. The highest BCUT2D eigenvalue weighted by atomic mass is 35.5. The molecular weight excluding hydrogens is 394 g/mol. The third kappa shape index (κ3) is 3.99. The van der Waals surface area contributed by atoms with Gasteiger partial charge in [0.2, 0.25) is 9.84 Å². The van der Waals surface area contributed by atoms with Gasteiger partial charge in [-0.05, 0) is 49.0 Å². The van der Waals surface area contributed by atoms with Crippen LogP contribution in [0.3, 0.4) is 0 Å². The summed E-state index contributed by atoms with van der Waals surface area (Å²) in [5, 5.41) is 4.25. The molecule has 2 aliphatic carbocycles. The van der Waals surface area contributed by atoms with Gasteiger partial charge in [0.05, 0.1) is 4.90 Å². The Morgan fingerprint density at radius 1 is 1.28 bits per heavy atom. The minimum atomic E-state index is -4.78. The number of carbonyl (C=O) groups is 1. The second-order valence-electron chi connectivity index (χ2n) is 6.60. The van der Waals surface area contributed by atoms with Crippen LogP contribution in [0.5, 0.6) is 0 Å². The van der Waals surface area contributed by atoms with Gasteiger partial charge in [-0.3, -0.25) is 4.79 Å². The smallest absolute Gasteiger partial charge is 0.341 e. The molecule has 5 nitrogen and oxygen atoms in total. The van der Waals surface area contributed by atoms with Gasteiger partial charge in [-0.15, -0.1) is 23.7 Å². The molecule has 2 bridgehead atoms. The molecule has 0 radical (unpaired) electrons. The molecule has 2 unspecified atom stereocenters. The van der Waals surface area contributed by atoms with Crippen molar-refractivity contribution in [1.29, 1.82) is 0 Å². The predicted molar refractivity (Wildman–Crippen MR) is 94.1 cm³/mol. The average Bonchev–Trinajstić information content (AvgIpc) is 2.98. The van der Waals surface area contributed by atoms with Crippen LogP contribution in [0.25, 0.3) is 0 Å². The van der Waals surface area contributed by atoms with Crippen molar-refractivity contribution in [3.05, 3.63) is 16.3 Å². The number of rotatable bonds is 4. The number of nitrogens with two attached hydrogens (primary N) is 1. The number of hydrogen-bond acceptors (Lipinski definition) is 5. The molecule has 25 heavy (non-hydrogen) atoms. The minimum absolute atomic E-state index is 0. The molecule has 3 rings (SSSR count). The van der Waals surface area contributed by atoms with E-state index in [9.17, 15) is 22.0 Å². The first-order valence-electron chi connectivity index (χ1n) is 7.96. The molecule has 10 heteroatoms. The van der Waals surface area contributed by atoms with Gasteiger partial charge in [-0.1, -0.05) is 6.42 Å². The summed E-state index contributed by atoms with van der Waals surface area (Å²) in [6.45, 7) is 0. The highest BCUT2D eigenvalue weighted by molar-refractivity contribution is 7.92. The van der Waals surface area contributed by atoms with Crippen LogP contribution in [0.4, 0.5) is 8.78 Å². The number of amides is 1. The van der Waals surface area contributed by atoms with E-state index in [-0.39, 0.29) is 41.2 Å². The molecule has 1 heterocycles. The number of thiophene rings is 1. The monoisotopic (exact) mass is 414 g/mol. The van der Waals surface area contributed by atoms with E-state index in [1.807, 2.05) is 0 Å². The van der Waals surface area contributed by atoms with E-state index in [0.29, 0.717) is 0 Å². The molecule has 0 saturated heterocycles. The second kappa shape index (κ2) is 7.85. The summed E-state index contributed by atoms with van der Waals surface area (Å²) in [6.07, 6.45) is 4.70. The Morgan fingerprint density at radius 3 is 2.44 bits per heavy atom. The predicted octanol–water partition coefficient (Wildman–Crippen LogP) is 2.80. The maximum Gasteiger partial charge on any atom is 0.341 e. The number of fused-ring (bicyclic) bond motifs is 2. The molecule has 1 aromatic heterocycles. The third-order valence-electron chi connectivity index (χ3n) is 5.05. The number of hydrogen-bond donors (Lipinski definition) is 2. The lowest BCUT2D eigenvalue weighted by Gasteiger charge is -2.45. The van der Waals surface area contributed by atoms with Gasteiger partial charge in [-0.2, -0.15) is 8.78 Å². The first-order valence-corrected chi connectivity index (χ1v) is 10.4. The molecule has 1 aromatic rings. The summed E-state index contributed by atoms with van der Waals surface area (Å²) >= 11 is 0.870. The van der Waals surface area contributed by atoms with Crippen LogP contribution in [-0.2, 0) is 9.84 Å². The van der Waals surface area contributed by atoms with Crippen LogP contribution >= 0.6 is 23.7 Å². The second-order valence-corrected chi connectivity index (χ2v) is 9.40. The van der Waals surface area contributed by atoms with E-state index in [0.717, 1.165) is 49.5 Å². The SMILES string of the molecule is Cl.NC1CC2CCCC(C1)C2NC(=O)c1sccc1S(=O)(=O)C(F)F. The summed E-state index contributed by atoms with van der Waals surface area (Å²) in [4.78, 5) is 11.8. The van der Waals surface area contributed by atoms with Crippen molar-refractivity contribution in [3.8, 4) is 0 Å². The molecule has 1 amide bonds. The fourth-order valence-corrected chi connectivity index (χ4v) is 6.09. The topological polar surface area (TPSA) is 89.3 Å². The van der Waals surface area contributed by atoms with Gasteiger partial charge in [0.15, 0.2) is 0 Å². The van der Waals surface area contributed by atoms with Crippen LogP contribution in [0.2, 0.25) is 0 Å². The average molecular weight is 415 g/mol. The van der Waals surface area contributed by atoms with Gasteiger partial charge in [-0.25, -0.2) is 8.42 Å². The molecular formula is C15H21ClF2N2O3S2. The molecule has 142 valence electrons. The van der Waals surface area contributed by atoms with Crippen LogP contribution in [-0.4, -0.2) is 32.2 Å². The van der Waals surface area contributed by atoms with Gasteiger partial charge < -0.3 is 11.1 Å². The van der Waals surface area contributed by atoms with Crippen LogP contribution in [0, 0.1) is 11.8 Å². The molecule has 2 aliphatic rings. The maximum atomic E-state index is 12.8. The molecule has 0 spiro atoms. The Kier molecular flexibility index (Phi) is 6.45. The maximum absolute atomic E-state index is 12.8. The largest absolute Gasteiger partial charge is 0.348 e. The fourth-order valence-electron chi connectivity index (χ4n) is 4.02. The normalized spacial score (nSPS) is 29.1. The van der Waals surface area contributed by atoms with Gasteiger partial charge in [0.25, 0.3) is 5.91 Å². The van der Waals surface area contributed by atoms with Crippen LogP contribution < -0.4 is 11.1 Å². The van der Waals surface area contributed by atoms with Crippen molar-refractivity contribution >= 4 is 39.5 Å². The number of sulfone groups is 1. The third-order valence-corrected chi connectivity index (χ3v) is 7.52. The van der Waals surface area contributed by atoms with Gasteiger partial charge >= 0.3 is 5.76 Å². The molecule has 0 aromatic carbocycles. The zero-order chi connectivity index (χ0) is 17.5. The number of halogens is 3. The quantitative estimate of drug-likeness (QED) is 0.792. The van der Waals surface area contributed by atoms with Gasteiger partial charge in [0, 0.05) is 12.1 Å². The zero-order valence-corrected chi connectivity index (χ0v) is 15.8. The van der Waals surface area contributed by atoms with Crippen molar-refractivity contribution in [2.75, 3.05) is 0 Å². The first-order chi connectivity index (χ1) is 11.3. The van der Waals surface area contributed by atoms with Crippen LogP contribution in [0.15, 0.2) is 16.3 Å². The molecule has 2 atom stereocenters. The Morgan fingerprint density at radius 2 is 1.88 bits per heavy atom. The minimum Gasteiger partial charge on any atom is -0.348 e. The molecule has 2 fully saturated rings. The first kappa shape index (κ1) is 20.5. The van der Waals surface area contributed by atoms with E-state index >= 15 is 0 Å². The van der Waals surface area contributed by atoms with E-state index in [1.54, 1.807) is 0 Å². The van der Waals surface area contributed by atoms with E-state index < -0.39 is 26.4 Å². The lowest BCUT2D eigenvalue weighted by Crippen LogP contribution is -2.53. The summed E-state index contributed by atoms with van der Waals surface area (Å²) in [5.41, 5.74) is 6.05. The molecule has 3 N–H and O–H groups in total. The fraction of sp³-hybridized carbons (Fsp3) is 0.667. The lowest BCUT2D eigenvalue weighted by molar-refractivity contribution is 0.0757. The standard InChI is InChI=1S/C15H20F2N2O3S2.ClH/c16-15(17)24(21,22)11-4-5-23-13(11)14(20)19-12-8-2-1-3-9(12)7-10(18)6-8;/h4-5,8-10,12,15H,1-3,6-7,18H2,(H,19,20);1H. The Balaban J connectivity index is 0.00000225. The van der Waals surface area contributed by atoms with Crippen molar-refractivity contribution in [3.63, 3.8) is 0 Å². The van der Waals surface area contributed by atoms with Crippen molar-refractivity contribution < 1.29 is 22.0 Å². The summed E-state index contributed by atoms with van der Waals surface area (Å²) in [6, 6.07) is 1.14. The summed E-state index contributed by atoms with van der Waals surface area (Å²) < 4.78 is 49.0. The number of carbonyl (C=O) groups excluding carboxylic acids is 1. The number of nitrogens with one attached hydrogen (secondary N) is 1. The van der Waals surface area contributed by atoms with Crippen molar-refractivity contribution in [1.82, 2.24) is 5.32 Å². The van der Waals surface area contributed by atoms with E-state index in [1.165, 1.54) is 5.38 Å². The Bertz CT molecular complexity index is 712. The molecule has 2 saturated carbocycles. The van der Waals surface area contributed by atoms with Crippen molar-refractivity contribution in [2.24, 2.45) is 17.6 Å².